The summed E-state index contributed by atoms with van der Waals surface area (Å²) < 4.78 is 65.3. The standard InChI is InChI=1S/C6H9BF5O/c8-5(9)6(1-2-13-4-6)3-7(10,11)12/h5H,1-4H2/q-1/t6-/m0/s1. The molecule has 0 aliphatic carbocycles. The van der Waals surface area contributed by atoms with Crippen molar-refractivity contribution in [2.24, 2.45) is 5.41 Å². The van der Waals surface area contributed by atoms with Gasteiger partial charge in [0, 0.05) is 12.0 Å². The van der Waals surface area contributed by atoms with Gasteiger partial charge in [-0.1, -0.05) is 6.32 Å². The number of hydrogen-bond acceptors (Lipinski definition) is 1. The first kappa shape index (κ1) is 10.8. The zero-order chi connectivity index (χ0) is 10.1. The van der Waals surface area contributed by atoms with Crippen molar-refractivity contribution in [3.05, 3.63) is 0 Å². The number of halogens is 5. The van der Waals surface area contributed by atoms with Gasteiger partial charge in [0.05, 0.1) is 6.61 Å². The highest BCUT2D eigenvalue weighted by Crippen LogP contribution is 2.43. The van der Waals surface area contributed by atoms with Gasteiger partial charge in [-0.15, -0.1) is 0 Å². The summed E-state index contributed by atoms with van der Waals surface area (Å²) in [7, 11) is 0. The first-order chi connectivity index (χ1) is 5.86. The maximum absolute atomic E-state index is 12.4. The van der Waals surface area contributed by atoms with Crippen LogP contribution in [-0.2, 0) is 4.74 Å². The number of alkyl halides is 2. The molecule has 78 valence electrons. The second-order valence-corrected chi connectivity index (χ2v) is 3.38. The van der Waals surface area contributed by atoms with Crippen molar-refractivity contribution < 1.29 is 26.5 Å². The smallest absolute Gasteiger partial charge is 0.449 e. The van der Waals surface area contributed by atoms with E-state index in [1.165, 1.54) is 0 Å². The molecular formula is C6H9BF5O-. The first-order valence-corrected chi connectivity index (χ1v) is 3.93. The summed E-state index contributed by atoms with van der Waals surface area (Å²) in [5.74, 6) is 0. The summed E-state index contributed by atoms with van der Waals surface area (Å²) >= 11 is 0. The molecule has 0 N–H and O–H groups in total. The van der Waals surface area contributed by atoms with Crippen LogP contribution in [0, 0.1) is 5.41 Å². The minimum absolute atomic E-state index is 0.00347. The van der Waals surface area contributed by atoms with E-state index in [4.69, 9.17) is 0 Å². The van der Waals surface area contributed by atoms with Crippen molar-refractivity contribution in [1.82, 2.24) is 0 Å². The highest BCUT2D eigenvalue weighted by atomic mass is 19.4. The average molecular weight is 203 g/mol. The van der Waals surface area contributed by atoms with Gasteiger partial charge in [0.1, 0.15) is 0 Å². The molecular weight excluding hydrogens is 194 g/mol. The third kappa shape index (κ3) is 2.56. The van der Waals surface area contributed by atoms with E-state index in [-0.39, 0.29) is 13.0 Å². The summed E-state index contributed by atoms with van der Waals surface area (Å²) in [6.45, 7) is -5.65. The second-order valence-electron chi connectivity index (χ2n) is 3.38. The van der Waals surface area contributed by atoms with E-state index in [2.05, 4.69) is 4.74 Å². The third-order valence-corrected chi connectivity index (χ3v) is 2.23. The Bertz CT molecular complexity index is 174. The predicted molar refractivity (Wildman–Crippen MR) is 37.8 cm³/mol. The van der Waals surface area contributed by atoms with Crippen molar-refractivity contribution in [2.45, 2.75) is 19.2 Å². The molecule has 1 rings (SSSR count). The van der Waals surface area contributed by atoms with E-state index < -0.39 is 31.7 Å². The highest BCUT2D eigenvalue weighted by molar-refractivity contribution is 6.58. The number of hydrogen-bond donors (Lipinski definition) is 0. The summed E-state index contributed by atoms with van der Waals surface area (Å²) in [4.78, 5) is 0. The molecule has 0 saturated carbocycles. The maximum Gasteiger partial charge on any atom is 0.479 e. The fourth-order valence-electron chi connectivity index (χ4n) is 1.51. The Balaban J connectivity index is 2.68. The van der Waals surface area contributed by atoms with Gasteiger partial charge >= 0.3 is 6.98 Å². The fraction of sp³-hybridized carbons (Fsp3) is 1.00. The van der Waals surface area contributed by atoms with Crippen molar-refractivity contribution in [1.29, 1.82) is 0 Å². The van der Waals surface area contributed by atoms with Crippen molar-refractivity contribution in [3.8, 4) is 0 Å². The monoisotopic (exact) mass is 203 g/mol. The maximum atomic E-state index is 12.4. The molecule has 0 amide bonds. The number of ether oxygens (including phenoxy) is 1. The Hall–Kier alpha value is -0.325. The molecule has 1 saturated heterocycles. The Morgan fingerprint density at radius 3 is 2.23 bits per heavy atom. The lowest BCUT2D eigenvalue weighted by Gasteiger charge is -2.31. The van der Waals surface area contributed by atoms with Crippen molar-refractivity contribution >= 4 is 6.98 Å². The minimum atomic E-state index is -5.17. The van der Waals surface area contributed by atoms with Crippen LogP contribution >= 0.6 is 0 Å². The summed E-state index contributed by atoms with van der Waals surface area (Å²) in [6, 6.07) is 0. The fourth-order valence-corrected chi connectivity index (χ4v) is 1.51. The van der Waals surface area contributed by atoms with E-state index in [0.717, 1.165) is 0 Å². The number of rotatable bonds is 3. The zero-order valence-corrected chi connectivity index (χ0v) is 6.78. The van der Waals surface area contributed by atoms with Gasteiger partial charge in [-0.2, -0.15) is 0 Å². The molecule has 0 bridgehead atoms. The molecule has 1 fully saturated rings. The van der Waals surface area contributed by atoms with E-state index in [0.29, 0.717) is 0 Å². The van der Waals surface area contributed by atoms with Gasteiger partial charge < -0.3 is 17.7 Å². The van der Waals surface area contributed by atoms with Crippen LogP contribution in [0.5, 0.6) is 0 Å². The average Bonchev–Trinajstić information content (AvgIpc) is 2.33. The molecule has 1 aliphatic heterocycles. The normalized spacial score (nSPS) is 30.0. The summed E-state index contributed by atoms with van der Waals surface area (Å²) in [5, 5.41) is 0. The van der Waals surface area contributed by atoms with Gasteiger partial charge in [0.2, 0.25) is 6.43 Å². The zero-order valence-electron chi connectivity index (χ0n) is 6.78. The van der Waals surface area contributed by atoms with Crippen LogP contribution in [0.1, 0.15) is 6.42 Å². The van der Waals surface area contributed by atoms with Crippen LogP contribution in [0.25, 0.3) is 0 Å². The molecule has 0 aromatic carbocycles. The van der Waals surface area contributed by atoms with E-state index in [1.54, 1.807) is 0 Å². The Morgan fingerprint density at radius 2 is 1.92 bits per heavy atom. The Kier molecular flexibility index (Phi) is 2.84. The molecule has 7 heteroatoms. The highest BCUT2D eigenvalue weighted by Gasteiger charge is 2.47. The topological polar surface area (TPSA) is 9.23 Å². The molecule has 1 aliphatic rings. The summed E-state index contributed by atoms with van der Waals surface area (Å²) in [5.41, 5.74) is -1.97. The third-order valence-electron chi connectivity index (χ3n) is 2.23. The van der Waals surface area contributed by atoms with Crippen molar-refractivity contribution in [2.75, 3.05) is 13.2 Å². The summed E-state index contributed by atoms with van der Waals surface area (Å²) in [6.07, 6.45) is -4.56. The van der Waals surface area contributed by atoms with Gasteiger partial charge in [-0.3, -0.25) is 0 Å². The van der Waals surface area contributed by atoms with E-state index >= 15 is 0 Å². The lowest BCUT2D eigenvalue weighted by molar-refractivity contribution is -0.00406. The molecule has 1 atom stereocenters. The van der Waals surface area contributed by atoms with Crippen molar-refractivity contribution in [3.63, 3.8) is 0 Å². The van der Waals surface area contributed by atoms with Crippen LogP contribution < -0.4 is 0 Å². The van der Waals surface area contributed by atoms with Gasteiger partial charge in [0.15, 0.2) is 0 Å². The Labute approximate surface area is 72.3 Å². The lowest BCUT2D eigenvalue weighted by Crippen LogP contribution is -2.36. The molecule has 0 aromatic rings. The van der Waals surface area contributed by atoms with Gasteiger partial charge in [0.25, 0.3) is 0 Å². The van der Waals surface area contributed by atoms with Crippen LogP contribution in [0.15, 0.2) is 0 Å². The SMILES string of the molecule is FC(F)[C@]1(C[B-](F)(F)F)CCOC1. The van der Waals surface area contributed by atoms with Crippen LogP contribution in [0.2, 0.25) is 6.32 Å². The lowest BCUT2D eigenvalue weighted by atomic mass is 9.68. The van der Waals surface area contributed by atoms with Gasteiger partial charge in [-0.05, 0) is 6.42 Å². The molecule has 1 heterocycles. The molecule has 1 nitrogen and oxygen atoms in total. The molecule has 13 heavy (non-hydrogen) atoms. The van der Waals surface area contributed by atoms with Gasteiger partial charge in [-0.25, -0.2) is 8.78 Å². The quantitative estimate of drug-likeness (QED) is 0.505. The van der Waals surface area contributed by atoms with E-state index in [9.17, 15) is 21.7 Å². The van der Waals surface area contributed by atoms with Crippen LogP contribution in [-0.4, -0.2) is 26.6 Å². The largest absolute Gasteiger partial charge is 0.479 e. The van der Waals surface area contributed by atoms with E-state index in [1.807, 2.05) is 0 Å². The molecule has 0 unspecified atom stereocenters. The first-order valence-electron chi connectivity index (χ1n) is 3.93. The molecule has 0 spiro atoms. The predicted octanol–water partition coefficient (Wildman–Crippen LogP) is 2.51. The Morgan fingerprint density at radius 1 is 1.31 bits per heavy atom. The molecule has 0 aromatic heterocycles. The molecule has 0 radical (unpaired) electrons. The minimum Gasteiger partial charge on any atom is -0.449 e. The van der Waals surface area contributed by atoms with Crippen LogP contribution in [0.4, 0.5) is 21.7 Å². The second kappa shape index (κ2) is 3.44. The van der Waals surface area contributed by atoms with Crippen LogP contribution in [0.3, 0.4) is 0 Å².